The van der Waals surface area contributed by atoms with Crippen molar-refractivity contribution in [3.05, 3.63) is 28.7 Å². The molecule has 0 aliphatic rings. The molecule has 112 valence electrons. The van der Waals surface area contributed by atoms with Crippen LogP contribution >= 0.6 is 15.9 Å². The number of ether oxygens (including phenoxy) is 1. The van der Waals surface area contributed by atoms with Crippen LogP contribution in [0.3, 0.4) is 0 Å². The van der Waals surface area contributed by atoms with Crippen LogP contribution in [0, 0.1) is 0 Å². The van der Waals surface area contributed by atoms with Crippen LogP contribution in [-0.2, 0) is 19.4 Å². The van der Waals surface area contributed by atoms with E-state index in [2.05, 4.69) is 15.9 Å². The van der Waals surface area contributed by atoms with Crippen LogP contribution in [0.5, 0.6) is 0 Å². The molecule has 5 nitrogen and oxygen atoms in total. The average molecular weight is 365 g/mol. The topological polar surface area (TPSA) is 80.7 Å². The normalized spacial score (nSPS) is 13.8. The van der Waals surface area contributed by atoms with Crippen molar-refractivity contribution in [2.75, 3.05) is 0 Å². The minimum Gasteiger partial charge on any atom is -0.460 e. The van der Waals surface area contributed by atoms with Crippen molar-refractivity contribution in [3.8, 4) is 0 Å². The highest BCUT2D eigenvalue weighted by Gasteiger charge is 2.29. The molecule has 0 aliphatic carbocycles. The first kappa shape index (κ1) is 17.1. The van der Waals surface area contributed by atoms with Gasteiger partial charge in [0.1, 0.15) is 5.60 Å². The first-order valence-corrected chi connectivity index (χ1v) is 8.26. The fraction of sp³-hybridized carbons (Fsp3) is 0.462. The number of aliphatic hydroxyl groups excluding tert-OH is 1. The Balaban J connectivity index is 2.83. The van der Waals surface area contributed by atoms with Gasteiger partial charge in [-0.05, 0) is 45.0 Å². The predicted octanol–water partition coefficient (Wildman–Crippen LogP) is 2.27. The molecule has 0 bridgehead atoms. The zero-order chi connectivity index (χ0) is 15.6. The number of esters is 1. The molecule has 0 saturated heterocycles. The molecule has 1 atom stereocenters. The van der Waals surface area contributed by atoms with Gasteiger partial charge in [0, 0.05) is 4.47 Å². The molecule has 1 unspecified atom stereocenters. The zero-order valence-corrected chi connectivity index (χ0v) is 13.9. The van der Waals surface area contributed by atoms with Gasteiger partial charge in [-0.2, -0.15) is 0 Å². The summed E-state index contributed by atoms with van der Waals surface area (Å²) in [6.45, 7) is 5.00. The van der Waals surface area contributed by atoms with Crippen molar-refractivity contribution in [2.24, 2.45) is 0 Å². The second kappa shape index (κ2) is 6.24. The molecule has 20 heavy (non-hydrogen) atoms. The summed E-state index contributed by atoms with van der Waals surface area (Å²) in [5.41, 5.74) is -2.54. The number of carbonyl (C=O) groups excluding carboxylic acids is 1. The van der Waals surface area contributed by atoms with E-state index < -0.39 is 33.3 Å². The van der Waals surface area contributed by atoms with Gasteiger partial charge in [0.05, 0.1) is 11.3 Å². The Morgan fingerprint density at radius 1 is 1.30 bits per heavy atom. The Kier molecular flexibility index (Phi) is 5.34. The lowest BCUT2D eigenvalue weighted by molar-refractivity contribution is -0.156. The van der Waals surface area contributed by atoms with Crippen molar-refractivity contribution in [1.82, 2.24) is 0 Å². The third-order valence-corrected chi connectivity index (χ3v) is 4.60. The lowest BCUT2D eigenvalue weighted by Crippen LogP contribution is -2.30. The molecule has 0 amide bonds. The van der Waals surface area contributed by atoms with Crippen LogP contribution in [0.2, 0.25) is 0 Å². The summed E-state index contributed by atoms with van der Waals surface area (Å²) in [4.78, 5) is 11.5. The van der Waals surface area contributed by atoms with Gasteiger partial charge >= 0.3 is 5.97 Å². The molecule has 1 rings (SSSR count). The quantitative estimate of drug-likeness (QED) is 0.828. The fourth-order valence-corrected chi connectivity index (χ4v) is 2.87. The molecule has 1 N–H and O–H groups in total. The number of rotatable bonds is 4. The fourth-order valence-electron chi connectivity index (χ4n) is 1.42. The van der Waals surface area contributed by atoms with E-state index in [1.165, 1.54) is 12.1 Å². The summed E-state index contributed by atoms with van der Waals surface area (Å²) in [5, 5.41) is 9.77. The standard InChI is InChI=1S/C13H17BrO5S/c1-13(2,3)19-11(15)8-12(16)20(17,18)10-6-4-9(14)5-7-10/h4-7,12,16H,8H2,1-3H3. The van der Waals surface area contributed by atoms with E-state index in [4.69, 9.17) is 4.74 Å². The summed E-state index contributed by atoms with van der Waals surface area (Å²) in [7, 11) is -3.97. The van der Waals surface area contributed by atoms with Gasteiger partial charge in [0.2, 0.25) is 9.84 Å². The highest BCUT2D eigenvalue weighted by Crippen LogP contribution is 2.20. The number of aliphatic hydroxyl groups is 1. The molecule has 7 heteroatoms. The smallest absolute Gasteiger partial charge is 0.310 e. The van der Waals surface area contributed by atoms with Crippen molar-refractivity contribution in [2.45, 2.75) is 43.1 Å². The molecule has 0 fully saturated rings. The summed E-state index contributed by atoms with van der Waals surface area (Å²) >= 11 is 3.19. The summed E-state index contributed by atoms with van der Waals surface area (Å²) in [6, 6.07) is 5.82. The number of halogens is 1. The summed E-state index contributed by atoms with van der Waals surface area (Å²) in [5.74, 6) is -0.759. The number of hydrogen-bond acceptors (Lipinski definition) is 5. The lowest BCUT2D eigenvalue weighted by Gasteiger charge is -2.20. The summed E-state index contributed by atoms with van der Waals surface area (Å²) in [6.07, 6.45) is -0.602. The van der Waals surface area contributed by atoms with Crippen molar-refractivity contribution in [3.63, 3.8) is 0 Å². The molecule has 1 aromatic carbocycles. The van der Waals surface area contributed by atoms with Gasteiger partial charge < -0.3 is 9.84 Å². The molecular weight excluding hydrogens is 348 g/mol. The highest BCUT2D eigenvalue weighted by molar-refractivity contribution is 9.10. The van der Waals surface area contributed by atoms with Crippen LogP contribution in [0.4, 0.5) is 0 Å². The second-order valence-electron chi connectivity index (χ2n) is 5.24. The van der Waals surface area contributed by atoms with Gasteiger partial charge in [0.25, 0.3) is 0 Å². The van der Waals surface area contributed by atoms with Gasteiger partial charge in [-0.3, -0.25) is 4.79 Å². The third-order valence-electron chi connectivity index (χ3n) is 2.26. The zero-order valence-electron chi connectivity index (χ0n) is 11.5. The van der Waals surface area contributed by atoms with Crippen LogP contribution < -0.4 is 0 Å². The minimum atomic E-state index is -3.97. The maximum atomic E-state index is 12.1. The Bertz CT molecular complexity index is 572. The van der Waals surface area contributed by atoms with Gasteiger partial charge in [-0.25, -0.2) is 8.42 Å². The van der Waals surface area contributed by atoms with Crippen molar-refractivity contribution >= 4 is 31.7 Å². The highest BCUT2D eigenvalue weighted by atomic mass is 79.9. The number of benzene rings is 1. The monoisotopic (exact) mass is 364 g/mol. The molecular formula is C13H17BrO5S. The maximum Gasteiger partial charge on any atom is 0.310 e. The molecule has 0 spiro atoms. The predicted molar refractivity (Wildman–Crippen MR) is 77.8 cm³/mol. The van der Waals surface area contributed by atoms with E-state index in [0.29, 0.717) is 0 Å². The SMILES string of the molecule is CC(C)(C)OC(=O)CC(O)S(=O)(=O)c1ccc(Br)cc1. The van der Waals surface area contributed by atoms with Gasteiger partial charge in [-0.15, -0.1) is 0 Å². The molecule has 0 radical (unpaired) electrons. The first-order chi connectivity index (χ1) is 9.02. The van der Waals surface area contributed by atoms with Crippen molar-refractivity contribution < 1.29 is 23.1 Å². The first-order valence-electron chi connectivity index (χ1n) is 5.92. The van der Waals surface area contributed by atoms with Crippen LogP contribution in [0.1, 0.15) is 27.2 Å². The number of carbonyl (C=O) groups is 1. The van der Waals surface area contributed by atoms with Gasteiger partial charge in [-0.1, -0.05) is 15.9 Å². The Morgan fingerprint density at radius 3 is 2.25 bits per heavy atom. The molecule has 0 aliphatic heterocycles. The number of hydrogen-bond donors (Lipinski definition) is 1. The number of sulfone groups is 1. The van der Waals surface area contributed by atoms with E-state index in [0.717, 1.165) is 4.47 Å². The second-order valence-corrected chi connectivity index (χ2v) is 8.27. The Morgan fingerprint density at radius 2 is 1.80 bits per heavy atom. The molecule has 0 heterocycles. The molecule has 0 aromatic heterocycles. The van der Waals surface area contributed by atoms with Crippen molar-refractivity contribution in [1.29, 1.82) is 0 Å². The van der Waals surface area contributed by atoms with Crippen LogP contribution in [0.25, 0.3) is 0 Å². The van der Waals surface area contributed by atoms with Crippen LogP contribution in [0.15, 0.2) is 33.6 Å². The third kappa shape index (κ3) is 4.88. The maximum absolute atomic E-state index is 12.1. The Labute approximate surface area is 127 Å². The van der Waals surface area contributed by atoms with E-state index in [-0.39, 0.29) is 4.90 Å². The lowest BCUT2D eigenvalue weighted by atomic mass is 10.2. The molecule has 1 aromatic rings. The van der Waals surface area contributed by atoms with E-state index >= 15 is 0 Å². The van der Waals surface area contributed by atoms with E-state index in [1.54, 1.807) is 32.9 Å². The molecule has 0 saturated carbocycles. The average Bonchev–Trinajstić information content (AvgIpc) is 2.26. The van der Waals surface area contributed by atoms with E-state index in [9.17, 15) is 18.3 Å². The minimum absolute atomic E-state index is 0.0447. The van der Waals surface area contributed by atoms with Crippen LogP contribution in [-0.4, -0.2) is 30.5 Å². The Hall–Kier alpha value is -0.920. The largest absolute Gasteiger partial charge is 0.460 e. The van der Waals surface area contributed by atoms with Gasteiger partial charge in [0.15, 0.2) is 5.44 Å². The van der Waals surface area contributed by atoms with E-state index in [1.807, 2.05) is 0 Å². The summed E-state index contributed by atoms with van der Waals surface area (Å²) < 4.78 is 29.9.